The van der Waals surface area contributed by atoms with Gasteiger partial charge in [0.15, 0.2) is 0 Å². The van der Waals surface area contributed by atoms with Gasteiger partial charge in [-0.3, -0.25) is 4.57 Å². The summed E-state index contributed by atoms with van der Waals surface area (Å²) in [6.45, 7) is 3.94. The molecule has 2 heterocycles. The Balaban J connectivity index is 2.17. The summed E-state index contributed by atoms with van der Waals surface area (Å²) in [5.74, 6) is 0. The molecule has 100 valence electrons. The number of hydrogen-bond donors (Lipinski definition) is 2. The molecule has 0 aliphatic carbocycles. The molecule has 1 fully saturated rings. The van der Waals surface area contributed by atoms with Crippen molar-refractivity contribution in [2.45, 2.75) is 26.2 Å². The highest BCUT2D eigenvalue weighted by molar-refractivity contribution is 7.81. The third kappa shape index (κ3) is 2.64. The molecule has 18 heavy (non-hydrogen) atoms. The van der Waals surface area contributed by atoms with Crippen molar-refractivity contribution in [2.24, 2.45) is 7.05 Å². The highest BCUT2D eigenvalue weighted by Crippen LogP contribution is 2.06. The van der Waals surface area contributed by atoms with Crippen LogP contribution >= 0.6 is 0 Å². The van der Waals surface area contributed by atoms with E-state index in [-0.39, 0.29) is 5.69 Å². The van der Waals surface area contributed by atoms with Gasteiger partial charge in [0, 0.05) is 25.6 Å². The number of aromatic nitrogens is 2. The van der Waals surface area contributed by atoms with E-state index >= 15 is 0 Å². The highest BCUT2D eigenvalue weighted by Gasteiger charge is 2.20. The minimum absolute atomic E-state index is 0.120. The Morgan fingerprint density at radius 3 is 2.72 bits per heavy atom. The number of rotatable bonds is 4. The van der Waals surface area contributed by atoms with Crippen LogP contribution in [0.5, 0.6) is 0 Å². The number of nitrogens with zero attached hydrogens (tertiary/aromatic N) is 1. The summed E-state index contributed by atoms with van der Waals surface area (Å²) >= 11 is 0. The van der Waals surface area contributed by atoms with Gasteiger partial charge in [-0.05, 0) is 12.5 Å². The molecule has 0 aromatic carbocycles. The van der Waals surface area contributed by atoms with E-state index in [0.29, 0.717) is 0 Å². The second kappa shape index (κ2) is 5.67. The number of imidazole rings is 1. The van der Waals surface area contributed by atoms with Gasteiger partial charge in [0.2, 0.25) is 11.0 Å². The van der Waals surface area contributed by atoms with E-state index in [1.54, 1.807) is 23.1 Å². The van der Waals surface area contributed by atoms with Gasteiger partial charge in [-0.2, -0.15) is 4.21 Å². The number of nitrogens with one attached hydrogen (secondary N) is 2. The first-order valence-corrected chi connectivity index (χ1v) is 7.56. The highest BCUT2D eigenvalue weighted by atomic mass is 32.2. The number of hydrogen-bond acceptors (Lipinski definition) is 2. The minimum atomic E-state index is -0.998. The van der Waals surface area contributed by atoms with Crippen LogP contribution in [0, 0.1) is 0 Å². The molecular formula is C12H20N3O2S+. The maximum Gasteiger partial charge on any atom is 0.325 e. The molecular weight excluding hydrogens is 250 g/mol. The predicted octanol–water partition coefficient (Wildman–Crippen LogP) is -0.411. The summed E-state index contributed by atoms with van der Waals surface area (Å²) in [5.41, 5.74) is 1.60. The smallest absolute Gasteiger partial charge is 0.309 e. The zero-order valence-electron chi connectivity index (χ0n) is 10.9. The monoisotopic (exact) mass is 270 g/mol. The van der Waals surface area contributed by atoms with Gasteiger partial charge in [0.25, 0.3) is 0 Å². The molecule has 1 aromatic rings. The minimum Gasteiger partial charge on any atom is -0.309 e. The van der Waals surface area contributed by atoms with Crippen molar-refractivity contribution in [1.29, 1.82) is 0 Å². The van der Waals surface area contributed by atoms with Crippen molar-refractivity contribution in [2.75, 3.05) is 13.1 Å². The van der Waals surface area contributed by atoms with Crippen molar-refractivity contribution < 1.29 is 8.51 Å². The molecule has 2 rings (SSSR count). The van der Waals surface area contributed by atoms with Crippen LogP contribution in [-0.4, -0.2) is 26.8 Å². The fourth-order valence-electron chi connectivity index (χ4n) is 2.26. The molecule has 6 heteroatoms. The molecule has 1 unspecified atom stereocenters. The summed E-state index contributed by atoms with van der Waals surface area (Å²) in [5, 5.41) is 1.71. The maximum absolute atomic E-state index is 12.0. The molecule has 1 aromatic heterocycles. The summed E-state index contributed by atoms with van der Waals surface area (Å²) in [6, 6.07) is 0. The standard InChI is InChI=1S/C12H19N3O2S/c1-3-10-11(14(2)12(16)13-10)6-9-18(17)15-7-4-5-8-15/h6,9H,3-5,7-8H2,1-2H3,(H,13,16)/p+1. The molecule has 2 N–H and O–H groups in total. The zero-order chi connectivity index (χ0) is 13.1. The van der Waals surface area contributed by atoms with Crippen LogP contribution in [-0.2, 0) is 24.5 Å². The molecule has 1 aliphatic rings. The molecule has 0 saturated carbocycles. The summed E-state index contributed by atoms with van der Waals surface area (Å²) < 4.78 is 14.7. The third-order valence-corrected chi connectivity index (χ3v) is 4.74. The zero-order valence-corrected chi connectivity index (χ0v) is 11.7. The average Bonchev–Trinajstić information content (AvgIpc) is 2.97. The van der Waals surface area contributed by atoms with E-state index in [2.05, 4.69) is 4.98 Å². The Morgan fingerprint density at radius 2 is 2.11 bits per heavy atom. The van der Waals surface area contributed by atoms with Crippen LogP contribution in [0.15, 0.2) is 10.2 Å². The van der Waals surface area contributed by atoms with E-state index < -0.39 is 11.0 Å². The molecule has 0 amide bonds. The SMILES string of the molecule is CCc1[nH]c(=O)n(C)c1C=CS(=O)[NH+]1CCCC1. The Labute approximate surface area is 109 Å². The van der Waals surface area contributed by atoms with E-state index in [4.69, 9.17) is 0 Å². The Morgan fingerprint density at radius 1 is 1.44 bits per heavy atom. The van der Waals surface area contributed by atoms with Crippen molar-refractivity contribution >= 4 is 17.1 Å². The van der Waals surface area contributed by atoms with E-state index in [0.717, 1.165) is 48.0 Å². The predicted molar refractivity (Wildman–Crippen MR) is 72.5 cm³/mol. The molecule has 0 radical (unpaired) electrons. The first kappa shape index (κ1) is 13.3. The maximum atomic E-state index is 12.0. The fraction of sp³-hybridized carbons (Fsp3) is 0.583. The van der Waals surface area contributed by atoms with Crippen molar-refractivity contribution in [1.82, 2.24) is 9.55 Å². The van der Waals surface area contributed by atoms with Crippen molar-refractivity contribution in [3.8, 4) is 0 Å². The number of aryl methyl sites for hydroxylation is 1. The van der Waals surface area contributed by atoms with E-state index in [1.165, 1.54) is 0 Å². The van der Waals surface area contributed by atoms with Gasteiger partial charge in [0.05, 0.1) is 24.2 Å². The van der Waals surface area contributed by atoms with E-state index in [1.807, 2.05) is 6.92 Å². The topological polar surface area (TPSA) is 59.3 Å². The van der Waals surface area contributed by atoms with Crippen LogP contribution in [0.4, 0.5) is 0 Å². The van der Waals surface area contributed by atoms with Crippen LogP contribution in [0.3, 0.4) is 0 Å². The number of quaternary nitrogens is 1. The van der Waals surface area contributed by atoms with Gasteiger partial charge in [0.1, 0.15) is 0 Å². The average molecular weight is 270 g/mol. The lowest BCUT2D eigenvalue weighted by molar-refractivity contribution is -0.745. The largest absolute Gasteiger partial charge is 0.325 e. The Kier molecular flexibility index (Phi) is 4.19. The summed E-state index contributed by atoms with van der Waals surface area (Å²) in [6.07, 6.45) is 4.87. The fourth-order valence-corrected chi connectivity index (χ4v) is 3.40. The summed E-state index contributed by atoms with van der Waals surface area (Å²) in [4.78, 5) is 14.3. The van der Waals surface area contributed by atoms with E-state index in [9.17, 15) is 9.00 Å². The van der Waals surface area contributed by atoms with Crippen molar-refractivity contribution in [3.05, 3.63) is 27.3 Å². The molecule has 1 aliphatic heterocycles. The molecule has 1 saturated heterocycles. The van der Waals surface area contributed by atoms with Crippen LogP contribution in [0.1, 0.15) is 31.2 Å². The van der Waals surface area contributed by atoms with Gasteiger partial charge in [-0.15, -0.1) is 0 Å². The molecule has 0 spiro atoms. The molecule has 5 nitrogen and oxygen atoms in total. The van der Waals surface area contributed by atoms with Gasteiger partial charge >= 0.3 is 5.69 Å². The van der Waals surface area contributed by atoms with Crippen molar-refractivity contribution in [3.63, 3.8) is 0 Å². The second-order valence-electron chi connectivity index (χ2n) is 4.55. The Bertz CT molecular complexity index is 524. The van der Waals surface area contributed by atoms with Crippen LogP contribution in [0.25, 0.3) is 6.08 Å². The van der Waals surface area contributed by atoms with Crippen LogP contribution in [0.2, 0.25) is 0 Å². The quantitative estimate of drug-likeness (QED) is 0.781. The normalized spacial score (nSPS) is 18.8. The third-order valence-electron chi connectivity index (χ3n) is 3.38. The Hall–Kier alpha value is -1.14. The lowest BCUT2D eigenvalue weighted by Gasteiger charge is -2.06. The van der Waals surface area contributed by atoms with Gasteiger partial charge in [-0.1, -0.05) is 6.92 Å². The first-order chi connectivity index (χ1) is 8.63. The lowest BCUT2D eigenvalue weighted by atomic mass is 10.2. The molecule has 0 bridgehead atoms. The molecule has 1 atom stereocenters. The summed E-state index contributed by atoms with van der Waals surface area (Å²) in [7, 11) is 0.727. The first-order valence-electron chi connectivity index (χ1n) is 6.34. The van der Waals surface area contributed by atoms with Crippen LogP contribution < -0.4 is 9.99 Å². The second-order valence-corrected chi connectivity index (χ2v) is 6.00. The number of H-pyrrole nitrogens is 1. The number of aromatic amines is 1. The lowest BCUT2D eigenvalue weighted by Crippen LogP contribution is -3.09. The van der Waals surface area contributed by atoms with Gasteiger partial charge in [-0.25, -0.2) is 9.10 Å². The van der Waals surface area contributed by atoms with Gasteiger partial charge < -0.3 is 4.98 Å².